The molecule has 1 aromatic rings. The molecule has 138 valence electrons. The number of aliphatic hydroxyl groups excluding tert-OH is 1. The topological polar surface area (TPSA) is 69.6 Å². The normalized spacial score (nSPS) is 17.1. The van der Waals surface area contributed by atoms with Gasteiger partial charge in [-0.1, -0.05) is 38.5 Å². The zero-order valence-corrected chi connectivity index (χ0v) is 16.0. The molecule has 2 rings (SSSR count). The summed E-state index contributed by atoms with van der Waals surface area (Å²) in [6.07, 6.45) is 3.51. The maximum absolute atomic E-state index is 12.9. The summed E-state index contributed by atoms with van der Waals surface area (Å²) < 4.78 is 0. The van der Waals surface area contributed by atoms with E-state index in [2.05, 4.69) is 5.32 Å². The van der Waals surface area contributed by atoms with E-state index < -0.39 is 6.04 Å². The summed E-state index contributed by atoms with van der Waals surface area (Å²) in [5.74, 6) is 0.655. The van der Waals surface area contributed by atoms with E-state index in [1.165, 1.54) is 0 Å². The van der Waals surface area contributed by atoms with Crippen molar-refractivity contribution in [1.29, 1.82) is 0 Å². The van der Waals surface area contributed by atoms with E-state index in [1.807, 2.05) is 44.4 Å². The van der Waals surface area contributed by atoms with Crippen LogP contribution >= 0.6 is 11.8 Å². The van der Waals surface area contributed by atoms with Crippen molar-refractivity contribution in [3.8, 4) is 0 Å². The third-order valence-electron chi connectivity index (χ3n) is 4.87. The van der Waals surface area contributed by atoms with E-state index in [0.29, 0.717) is 18.5 Å². The molecule has 0 fully saturated rings. The van der Waals surface area contributed by atoms with Crippen LogP contribution < -0.4 is 5.32 Å². The fraction of sp³-hybridized carbons (Fsp3) is 0.579. The van der Waals surface area contributed by atoms with Gasteiger partial charge in [-0.15, -0.1) is 0 Å². The molecule has 2 amide bonds. The lowest BCUT2D eigenvalue weighted by Crippen LogP contribution is -2.53. The molecule has 0 aromatic heterocycles. The van der Waals surface area contributed by atoms with Gasteiger partial charge in [0.05, 0.1) is 12.6 Å². The molecule has 0 bridgehead atoms. The number of thioether (sulfide) groups is 1. The van der Waals surface area contributed by atoms with Crippen LogP contribution in [0.15, 0.2) is 24.3 Å². The molecule has 0 aliphatic carbocycles. The number of aliphatic hydroxyl groups is 1. The Kier molecular flexibility index (Phi) is 7.32. The molecular formula is C19H28N2O3S. The standard InChI is InChI=1S/C19H28N2O3S/c1-4-13(2)17(18(23)20-15(12-22)9-10-25-3)21-11-14-7-5-6-8-16(14)19(21)24/h5-8,13,15,17,22H,4,9-12H2,1-3H3,(H,20,23)/t13-,15-,17+/m0/s1. The molecule has 0 unspecified atom stereocenters. The number of amides is 2. The highest BCUT2D eigenvalue weighted by Gasteiger charge is 2.39. The maximum Gasteiger partial charge on any atom is 0.255 e. The average molecular weight is 365 g/mol. The summed E-state index contributed by atoms with van der Waals surface area (Å²) >= 11 is 1.68. The van der Waals surface area contributed by atoms with Crippen molar-refractivity contribution in [2.75, 3.05) is 18.6 Å². The van der Waals surface area contributed by atoms with E-state index in [9.17, 15) is 14.7 Å². The Morgan fingerprint density at radius 3 is 2.72 bits per heavy atom. The van der Waals surface area contributed by atoms with Gasteiger partial charge < -0.3 is 15.3 Å². The Labute approximate surface area is 154 Å². The number of carbonyl (C=O) groups is 2. The molecule has 0 saturated carbocycles. The zero-order chi connectivity index (χ0) is 18.4. The highest BCUT2D eigenvalue weighted by Crippen LogP contribution is 2.28. The van der Waals surface area contributed by atoms with Crippen molar-refractivity contribution in [3.63, 3.8) is 0 Å². The quantitative estimate of drug-likeness (QED) is 0.705. The Morgan fingerprint density at radius 1 is 1.40 bits per heavy atom. The molecule has 25 heavy (non-hydrogen) atoms. The molecule has 3 atom stereocenters. The van der Waals surface area contributed by atoms with E-state index in [4.69, 9.17) is 0 Å². The van der Waals surface area contributed by atoms with Crippen LogP contribution in [0.1, 0.15) is 42.6 Å². The summed E-state index contributed by atoms with van der Waals surface area (Å²) in [5.41, 5.74) is 1.65. The molecule has 1 aliphatic heterocycles. The van der Waals surface area contributed by atoms with Gasteiger partial charge in [0.2, 0.25) is 5.91 Å². The minimum Gasteiger partial charge on any atom is -0.394 e. The second kappa shape index (κ2) is 9.25. The van der Waals surface area contributed by atoms with Crippen LogP contribution in [0, 0.1) is 5.92 Å². The lowest BCUT2D eigenvalue weighted by molar-refractivity contribution is -0.128. The van der Waals surface area contributed by atoms with Crippen molar-refractivity contribution in [3.05, 3.63) is 35.4 Å². The fourth-order valence-corrected chi connectivity index (χ4v) is 3.71. The van der Waals surface area contributed by atoms with Crippen molar-refractivity contribution in [1.82, 2.24) is 10.2 Å². The monoisotopic (exact) mass is 364 g/mol. The van der Waals surface area contributed by atoms with Crippen LogP contribution in [0.25, 0.3) is 0 Å². The molecule has 0 spiro atoms. The smallest absolute Gasteiger partial charge is 0.255 e. The summed E-state index contributed by atoms with van der Waals surface area (Å²) in [5, 5.41) is 12.5. The molecule has 6 heteroatoms. The number of benzene rings is 1. The molecule has 0 radical (unpaired) electrons. The van der Waals surface area contributed by atoms with Crippen LogP contribution in [-0.2, 0) is 11.3 Å². The van der Waals surface area contributed by atoms with Crippen molar-refractivity contribution >= 4 is 23.6 Å². The first-order valence-corrected chi connectivity index (χ1v) is 10.2. The number of carbonyl (C=O) groups excluding carboxylic acids is 2. The summed E-state index contributed by atoms with van der Waals surface area (Å²) in [7, 11) is 0. The van der Waals surface area contributed by atoms with Crippen LogP contribution in [0.4, 0.5) is 0 Å². The predicted molar refractivity (Wildman–Crippen MR) is 102 cm³/mol. The minimum absolute atomic E-state index is 0.0400. The van der Waals surface area contributed by atoms with Gasteiger partial charge >= 0.3 is 0 Å². The lowest BCUT2D eigenvalue weighted by Gasteiger charge is -2.32. The molecule has 1 aromatic carbocycles. The van der Waals surface area contributed by atoms with Crippen molar-refractivity contribution < 1.29 is 14.7 Å². The number of fused-ring (bicyclic) bond motifs is 1. The summed E-state index contributed by atoms with van der Waals surface area (Å²) in [6.45, 7) is 4.39. The third kappa shape index (κ3) is 4.55. The van der Waals surface area contributed by atoms with Gasteiger partial charge in [0, 0.05) is 12.1 Å². The molecule has 1 aliphatic rings. The second-order valence-electron chi connectivity index (χ2n) is 6.59. The average Bonchev–Trinajstić information content (AvgIpc) is 2.95. The second-order valence-corrected chi connectivity index (χ2v) is 7.58. The van der Waals surface area contributed by atoms with Gasteiger partial charge in [-0.3, -0.25) is 9.59 Å². The Balaban J connectivity index is 2.17. The van der Waals surface area contributed by atoms with Crippen LogP contribution in [0.3, 0.4) is 0 Å². The molecular weight excluding hydrogens is 336 g/mol. The largest absolute Gasteiger partial charge is 0.394 e. The van der Waals surface area contributed by atoms with E-state index in [0.717, 1.165) is 17.7 Å². The Bertz CT molecular complexity index is 608. The lowest BCUT2D eigenvalue weighted by atomic mass is 9.96. The van der Waals surface area contributed by atoms with E-state index in [1.54, 1.807) is 16.7 Å². The number of rotatable bonds is 9. The first-order chi connectivity index (χ1) is 12.0. The van der Waals surface area contributed by atoms with E-state index in [-0.39, 0.29) is 30.4 Å². The van der Waals surface area contributed by atoms with Crippen molar-refractivity contribution in [2.45, 2.75) is 45.3 Å². The van der Waals surface area contributed by atoms with Gasteiger partial charge in [0.1, 0.15) is 6.04 Å². The highest BCUT2D eigenvalue weighted by atomic mass is 32.2. The Hall–Kier alpha value is -1.53. The van der Waals surface area contributed by atoms with Gasteiger partial charge in [0.25, 0.3) is 5.91 Å². The molecule has 2 N–H and O–H groups in total. The Morgan fingerprint density at radius 2 is 2.12 bits per heavy atom. The van der Waals surface area contributed by atoms with Gasteiger partial charge in [-0.05, 0) is 36.0 Å². The zero-order valence-electron chi connectivity index (χ0n) is 15.2. The van der Waals surface area contributed by atoms with Crippen LogP contribution in [0.5, 0.6) is 0 Å². The van der Waals surface area contributed by atoms with Gasteiger partial charge in [-0.2, -0.15) is 11.8 Å². The fourth-order valence-electron chi connectivity index (χ4n) is 3.19. The summed E-state index contributed by atoms with van der Waals surface area (Å²) in [6, 6.07) is 6.73. The van der Waals surface area contributed by atoms with Crippen LogP contribution in [0.2, 0.25) is 0 Å². The number of nitrogens with one attached hydrogen (secondary N) is 1. The van der Waals surface area contributed by atoms with Crippen LogP contribution in [-0.4, -0.2) is 52.5 Å². The maximum atomic E-state index is 12.9. The first-order valence-electron chi connectivity index (χ1n) is 8.82. The minimum atomic E-state index is -0.520. The van der Waals surface area contributed by atoms with E-state index >= 15 is 0 Å². The molecule has 0 saturated heterocycles. The first kappa shape index (κ1) is 19.8. The highest BCUT2D eigenvalue weighted by molar-refractivity contribution is 7.98. The van der Waals surface area contributed by atoms with Gasteiger partial charge in [-0.25, -0.2) is 0 Å². The van der Waals surface area contributed by atoms with Gasteiger partial charge in [0.15, 0.2) is 0 Å². The SMILES string of the molecule is CC[C@H](C)[C@H](C(=O)N[C@H](CO)CCSC)N1Cc2ccccc2C1=O. The predicted octanol–water partition coefficient (Wildman–Crippen LogP) is 2.29. The molecule has 1 heterocycles. The number of hydrogen-bond donors (Lipinski definition) is 2. The number of hydrogen-bond acceptors (Lipinski definition) is 4. The third-order valence-corrected chi connectivity index (χ3v) is 5.52. The summed E-state index contributed by atoms with van der Waals surface area (Å²) in [4.78, 5) is 27.4. The molecule has 5 nitrogen and oxygen atoms in total. The van der Waals surface area contributed by atoms with Crippen molar-refractivity contribution in [2.24, 2.45) is 5.92 Å². The number of nitrogens with zero attached hydrogens (tertiary/aromatic N) is 1.